The monoisotopic (exact) mass is 344 g/mol. The number of carbonyl (C=O) groups is 1. The average Bonchev–Trinajstić information content (AvgIpc) is 2.64. The van der Waals surface area contributed by atoms with Crippen LogP contribution in [0.2, 0.25) is 0 Å². The number of rotatable bonds is 4. The van der Waals surface area contributed by atoms with Gasteiger partial charge in [-0.25, -0.2) is 0 Å². The largest absolute Gasteiger partial charge is 0.358 e. The lowest BCUT2D eigenvalue weighted by atomic mass is 10.0. The highest BCUT2D eigenvalue weighted by atomic mass is 16.2. The molecule has 0 spiro atoms. The van der Waals surface area contributed by atoms with Gasteiger partial charge >= 0.3 is 0 Å². The molecule has 0 fully saturated rings. The molecule has 1 unspecified atom stereocenters. The summed E-state index contributed by atoms with van der Waals surface area (Å²) >= 11 is 0. The van der Waals surface area contributed by atoms with Crippen molar-refractivity contribution in [3.8, 4) is 0 Å². The van der Waals surface area contributed by atoms with Crippen molar-refractivity contribution in [2.75, 3.05) is 48.6 Å². The van der Waals surface area contributed by atoms with Gasteiger partial charge in [0.1, 0.15) is 17.2 Å². The third-order valence-electron chi connectivity index (χ3n) is 3.91. The lowest BCUT2D eigenvalue weighted by molar-refractivity contribution is -0.117. The molecule has 0 saturated heterocycles. The highest BCUT2D eigenvalue weighted by Crippen LogP contribution is 2.32. The average molecular weight is 344 g/mol. The Labute approximate surface area is 146 Å². The van der Waals surface area contributed by atoms with Crippen LogP contribution in [0, 0.1) is 5.92 Å². The maximum atomic E-state index is 12.7. The molecule has 2 N–H and O–H groups in total. The minimum Gasteiger partial charge on any atom is -0.358 e. The third kappa shape index (κ3) is 3.26. The smallest absolute Gasteiger partial charge is 0.248 e. The van der Waals surface area contributed by atoms with Gasteiger partial charge < -0.3 is 20.4 Å². The second kappa shape index (κ2) is 6.30. The first kappa shape index (κ1) is 17.1. The van der Waals surface area contributed by atoms with E-state index >= 15 is 0 Å². The van der Waals surface area contributed by atoms with Gasteiger partial charge in [-0.3, -0.25) is 4.79 Å². The van der Waals surface area contributed by atoms with Crippen LogP contribution in [0.5, 0.6) is 0 Å². The number of hydrogen-bond acceptors (Lipinski definition) is 8. The summed E-state index contributed by atoms with van der Waals surface area (Å²) in [5, 5.41) is 6.81. The molecular weight excluding hydrogens is 320 g/mol. The molecule has 0 bridgehead atoms. The van der Waals surface area contributed by atoms with E-state index in [1.54, 1.807) is 4.90 Å². The molecule has 25 heavy (non-hydrogen) atoms. The van der Waals surface area contributed by atoms with E-state index in [9.17, 15) is 4.79 Å². The van der Waals surface area contributed by atoms with Crippen LogP contribution in [-0.4, -0.2) is 60.1 Å². The minimum atomic E-state index is -0.384. The van der Waals surface area contributed by atoms with E-state index in [0.717, 1.165) is 0 Å². The summed E-state index contributed by atoms with van der Waals surface area (Å²) in [5.41, 5.74) is 0.500. The van der Waals surface area contributed by atoms with E-state index < -0.39 is 0 Å². The van der Waals surface area contributed by atoms with Gasteiger partial charge in [-0.05, 0) is 12.3 Å². The molecule has 2 aromatic rings. The second-order valence-corrected chi connectivity index (χ2v) is 7.05. The molecule has 134 valence electrons. The summed E-state index contributed by atoms with van der Waals surface area (Å²) in [6.45, 7) is 4.16. The highest BCUT2D eigenvalue weighted by molar-refractivity contribution is 6.08. The summed E-state index contributed by atoms with van der Waals surface area (Å²) < 4.78 is 0. The first-order chi connectivity index (χ1) is 11.8. The van der Waals surface area contributed by atoms with Gasteiger partial charge in [0.25, 0.3) is 0 Å². The van der Waals surface area contributed by atoms with Gasteiger partial charge in [-0.2, -0.15) is 19.9 Å². The van der Waals surface area contributed by atoms with Gasteiger partial charge in [0.15, 0.2) is 11.5 Å². The van der Waals surface area contributed by atoms with E-state index in [1.165, 1.54) is 0 Å². The predicted octanol–water partition coefficient (Wildman–Crippen LogP) is 1.33. The van der Waals surface area contributed by atoms with E-state index in [1.807, 2.05) is 33.1 Å². The number of hydrogen-bond donors (Lipinski definition) is 2. The van der Waals surface area contributed by atoms with Crippen LogP contribution >= 0.6 is 0 Å². The molecular formula is C16H24N8O. The summed E-state index contributed by atoms with van der Waals surface area (Å²) in [4.78, 5) is 34.3. The molecule has 2 aromatic heterocycles. The Bertz CT molecular complexity index is 812. The molecule has 0 saturated carbocycles. The van der Waals surface area contributed by atoms with Crippen LogP contribution in [0.15, 0.2) is 0 Å². The number of aromatic nitrogens is 4. The molecule has 1 aliphatic rings. The zero-order valence-corrected chi connectivity index (χ0v) is 15.5. The quantitative estimate of drug-likeness (QED) is 0.857. The predicted molar refractivity (Wildman–Crippen MR) is 99.3 cm³/mol. The number of carbonyl (C=O) groups excluding carboxylic acids is 1. The summed E-state index contributed by atoms with van der Waals surface area (Å²) in [6, 6.07) is -0.384. The van der Waals surface area contributed by atoms with Gasteiger partial charge in [-0.15, -0.1) is 0 Å². The number of nitrogens with zero attached hydrogens (tertiary/aromatic N) is 6. The van der Waals surface area contributed by atoms with Crippen molar-refractivity contribution < 1.29 is 4.79 Å². The maximum absolute atomic E-state index is 12.7. The van der Waals surface area contributed by atoms with E-state index in [0.29, 0.717) is 46.9 Å². The Balaban J connectivity index is 2.22. The molecule has 1 aliphatic heterocycles. The summed E-state index contributed by atoms with van der Waals surface area (Å²) in [6.07, 6.45) is 0.691. The highest BCUT2D eigenvalue weighted by Gasteiger charge is 2.29. The van der Waals surface area contributed by atoms with Gasteiger partial charge in [0, 0.05) is 28.2 Å². The van der Waals surface area contributed by atoms with Crippen LogP contribution in [0.4, 0.5) is 23.5 Å². The Kier molecular flexibility index (Phi) is 4.32. The van der Waals surface area contributed by atoms with E-state index in [-0.39, 0.29) is 11.9 Å². The molecule has 3 heterocycles. The molecule has 3 rings (SSSR count). The maximum Gasteiger partial charge on any atom is 0.248 e. The molecule has 0 aromatic carbocycles. The summed E-state index contributed by atoms with van der Waals surface area (Å²) in [5.74, 6) is 2.28. The standard InChI is InChI=1S/C16H24N8O/c1-8(2)7-9-14(25)18-12-10-11(17-9)19-15(23(3)4)21-13(10)22-16(20-12)24(5)6/h8-9H,7H2,1-6H3,(H2,17,18,19,20,21,22,25). The molecule has 9 heteroatoms. The Morgan fingerprint density at radius 2 is 1.52 bits per heavy atom. The van der Waals surface area contributed by atoms with Crippen LogP contribution in [0.3, 0.4) is 0 Å². The Morgan fingerprint density at radius 1 is 0.960 bits per heavy atom. The number of nitrogens with one attached hydrogen (secondary N) is 2. The molecule has 0 aliphatic carbocycles. The third-order valence-corrected chi connectivity index (χ3v) is 3.91. The zero-order chi connectivity index (χ0) is 18.3. The van der Waals surface area contributed by atoms with Crippen LogP contribution in [-0.2, 0) is 4.79 Å². The topological polar surface area (TPSA) is 99.2 Å². The van der Waals surface area contributed by atoms with Crippen molar-refractivity contribution in [2.24, 2.45) is 5.92 Å². The zero-order valence-electron chi connectivity index (χ0n) is 15.5. The molecule has 0 radical (unpaired) electrons. The minimum absolute atomic E-state index is 0.122. The number of amides is 1. The van der Waals surface area contributed by atoms with Crippen LogP contribution in [0.25, 0.3) is 11.0 Å². The summed E-state index contributed by atoms with van der Waals surface area (Å²) in [7, 11) is 7.44. The van der Waals surface area contributed by atoms with Crippen LogP contribution in [0.1, 0.15) is 20.3 Å². The fraction of sp³-hybridized carbons (Fsp3) is 0.562. The van der Waals surface area contributed by atoms with Gasteiger partial charge in [-0.1, -0.05) is 13.8 Å². The Hall–Kier alpha value is -2.71. The second-order valence-electron chi connectivity index (χ2n) is 7.05. The molecule has 1 atom stereocenters. The SMILES string of the molecule is CC(C)CC1Nc2nc(N(C)C)nc3nc(N(C)C)nc(c23)NC1=O. The van der Waals surface area contributed by atoms with Crippen molar-refractivity contribution in [1.29, 1.82) is 0 Å². The first-order valence-electron chi connectivity index (χ1n) is 8.28. The van der Waals surface area contributed by atoms with Crippen LogP contribution < -0.4 is 20.4 Å². The van der Waals surface area contributed by atoms with Crippen molar-refractivity contribution in [3.05, 3.63) is 0 Å². The van der Waals surface area contributed by atoms with E-state index in [4.69, 9.17) is 0 Å². The van der Waals surface area contributed by atoms with Crippen molar-refractivity contribution in [3.63, 3.8) is 0 Å². The number of anilines is 4. The molecule has 9 nitrogen and oxygen atoms in total. The van der Waals surface area contributed by atoms with Gasteiger partial charge in [0.2, 0.25) is 17.8 Å². The van der Waals surface area contributed by atoms with Crippen molar-refractivity contribution in [1.82, 2.24) is 19.9 Å². The first-order valence-corrected chi connectivity index (χ1v) is 8.28. The lowest BCUT2D eigenvalue weighted by Crippen LogP contribution is -2.34. The fourth-order valence-corrected chi connectivity index (χ4v) is 2.68. The van der Waals surface area contributed by atoms with Crippen molar-refractivity contribution >= 4 is 40.5 Å². The van der Waals surface area contributed by atoms with E-state index in [2.05, 4.69) is 44.4 Å². The van der Waals surface area contributed by atoms with Crippen molar-refractivity contribution in [2.45, 2.75) is 26.3 Å². The van der Waals surface area contributed by atoms with Gasteiger partial charge in [0.05, 0.1) is 0 Å². The normalized spacial score (nSPS) is 16.4. The fourth-order valence-electron chi connectivity index (χ4n) is 2.68. The molecule has 1 amide bonds. The lowest BCUT2D eigenvalue weighted by Gasteiger charge is -2.18. The Morgan fingerprint density at radius 3 is 2.04 bits per heavy atom.